The highest BCUT2D eigenvalue weighted by Crippen LogP contribution is 2.20. The van der Waals surface area contributed by atoms with Crippen LogP contribution in [0.5, 0.6) is 0 Å². The Kier molecular flexibility index (Phi) is 15.5. The Morgan fingerprint density at radius 1 is 0.808 bits per heavy atom. The lowest BCUT2D eigenvalue weighted by atomic mass is 9.94. The molecule has 4 heteroatoms. The number of hydrogen-bond acceptors (Lipinski definition) is 3. The molecule has 0 aromatic rings. The van der Waals surface area contributed by atoms with Gasteiger partial charge in [-0.05, 0) is 25.8 Å². The summed E-state index contributed by atoms with van der Waals surface area (Å²) >= 11 is 4.25. The average Bonchev–Trinajstić information content (AvgIpc) is 2.65. The van der Waals surface area contributed by atoms with Gasteiger partial charge in [-0.2, -0.15) is 12.6 Å². The Hall–Kier alpha value is -0.220. The Bertz CT molecular complexity index is 316. The summed E-state index contributed by atoms with van der Waals surface area (Å²) in [5.74, 6) is 1.30. The van der Waals surface area contributed by atoms with Crippen LogP contribution in [0.4, 0.5) is 0 Å². The average molecular weight is 385 g/mol. The van der Waals surface area contributed by atoms with Crippen molar-refractivity contribution in [3.05, 3.63) is 0 Å². The van der Waals surface area contributed by atoms with Crippen LogP contribution in [-0.4, -0.2) is 31.3 Å². The van der Waals surface area contributed by atoms with Crippen LogP contribution in [0.15, 0.2) is 0 Å². The zero-order valence-electron chi connectivity index (χ0n) is 17.2. The molecule has 26 heavy (non-hydrogen) atoms. The van der Waals surface area contributed by atoms with Gasteiger partial charge in [0, 0.05) is 12.3 Å². The van der Waals surface area contributed by atoms with E-state index in [2.05, 4.69) is 23.3 Å². The van der Waals surface area contributed by atoms with Gasteiger partial charge in [-0.3, -0.25) is 4.79 Å². The maximum atomic E-state index is 12.2. The van der Waals surface area contributed by atoms with Gasteiger partial charge in [0.05, 0.1) is 6.04 Å². The topological polar surface area (TPSA) is 41.1 Å². The van der Waals surface area contributed by atoms with E-state index >= 15 is 0 Å². The molecule has 1 fully saturated rings. The van der Waals surface area contributed by atoms with Gasteiger partial charge >= 0.3 is 0 Å². The fourth-order valence-electron chi connectivity index (χ4n) is 4.01. The molecule has 0 heterocycles. The van der Waals surface area contributed by atoms with Crippen molar-refractivity contribution < 1.29 is 4.79 Å². The molecule has 1 saturated carbocycles. The SMILES string of the molecule is CNC(CS)C(=O)NCC1CCCCCCCCCCCCCCCC1. The van der Waals surface area contributed by atoms with Gasteiger partial charge in [0.15, 0.2) is 0 Å². The van der Waals surface area contributed by atoms with Crippen LogP contribution < -0.4 is 10.6 Å². The Balaban J connectivity index is 2.35. The number of likely N-dealkylation sites (N-methyl/N-ethyl adjacent to an activating group) is 1. The third-order valence-electron chi connectivity index (χ3n) is 5.89. The molecule has 2 N–H and O–H groups in total. The lowest BCUT2D eigenvalue weighted by Crippen LogP contribution is -2.45. The van der Waals surface area contributed by atoms with Crippen molar-refractivity contribution in [2.75, 3.05) is 19.3 Å². The molecule has 0 saturated heterocycles. The van der Waals surface area contributed by atoms with E-state index in [0.29, 0.717) is 11.7 Å². The van der Waals surface area contributed by atoms with Gasteiger partial charge in [0.2, 0.25) is 5.91 Å². The number of thiol groups is 1. The third kappa shape index (κ3) is 12.2. The van der Waals surface area contributed by atoms with E-state index in [-0.39, 0.29) is 11.9 Å². The second-order valence-electron chi connectivity index (χ2n) is 8.16. The minimum atomic E-state index is -0.173. The summed E-state index contributed by atoms with van der Waals surface area (Å²) in [6, 6.07) is -0.173. The molecule has 1 aliphatic rings. The van der Waals surface area contributed by atoms with E-state index in [0.717, 1.165) is 6.54 Å². The molecule has 0 bridgehead atoms. The predicted octanol–water partition coefficient (Wildman–Crippen LogP) is 5.49. The van der Waals surface area contributed by atoms with E-state index in [1.54, 1.807) is 0 Å². The van der Waals surface area contributed by atoms with Gasteiger partial charge in [-0.15, -0.1) is 0 Å². The van der Waals surface area contributed by atoms with Crippen LogP contribution >= 0.6 is 12.6 Å². The van der Waals surface area contributed by atoms with Crippen molar-refractivity contribution >= 4 is 18.5 Å². The zero-order valence-corrected chi connectivity index (χ0v) is 18.1. The van der Waals surface area contributed by atoms with E-state index < -0.39 is 0 Å². The van der Waals surface area contributed by atoms with Gasteiger partial charge < -0.3 is 10.6 Å². The molecular weight excluding hydrogens is 340 g/mol. The lowest BCUT2D eigenvalue weighted by Gasteiger charge is -2.20. The molecule has 1 atom stereocenters. The van der Waals surface area contributed by atoms with Crippen molar-refractivity contribution in [2.24, 2.45) is 5.92 Å². The fraction of sp³-hybridized carbons (Fsp3) is 0.955. The van der Waals surface area contributed by atoms with Gasteiger partial charge in [0.1, 0.15) is 0 Å². The number of rotatable bonds is 5. The number of amides is 1. The molecule has 0 aliphatic heterocycles. The van der Waals surface area contributed by atoms with Crippen LogP contribution in [0.2, 0.25) is 0 Å². The molecule has 0 spiro atoms. The highest BCUT2D eigenvalue weighted by Gasteiger charge is 2.16. The van der Waals surface area contributed by atoms with Crippen LogP contribution in [0, 0.1) is 5.92 Å². The summed E-state index contributed by atoms with van der Waals surface area (Å²) in [6.07, 6.45) is 22.1. The summed E-state index contributed by atoms with van der Waals surface area (Å²) in [5, 5.41) is 6.20. The minimum absolute atomic E-state index is 0.103. The molecule has 1 unspecified atom stereocenters. The van der Waals surface area contributed by atoms with Crippen molar-refractivity contribution in [1.82, 2.24) is 10.6 Å². The number of nitrogens with one attached hydrogen (secondary N) is 2. The highest BCUT2D eigenvalue weighted by atomic mass is 32.1. The molecule has 0 aromatic carbocycles. The molecule has 154 valence electrons. The first-order chi connectivity index (χ1) is 12.8. The van der Waals surface area contributed by atoms with Crippen LogP contribution in [0.3, 0.4) is 0 Å². The quantitative estimate of drug-likeness (QED) is 0.548. The smallest absolute Gasteiger partial charge is 0.237 e. The zero-order chi connectivity index (χ0) is 18.9. The number of hydrogen-bond donors (Lipinski definition) is 3. The first-order valence-electron chi connectivity index (χ1n) is 11.3. The Morgan fingerprint density at radius 3 is 1.54 bits per heavy atom. The van der Waals surface area contributed by atoms with E-state index in [1.807, 2.05) is 7.05 Å². The van der Waals surface area contributed by atoms with E-state index in [9.17, 15) is 4.79 Å². The second-order valence-corrected chi connectivity index (χ2v) is 8.53. The first kappa shape index (κ1) is 23.8. The summed E-state index contributed by atoms with van der Waals surface area (Å²) in [6.45, 7) is 0.838. The Labute approximate surface area is 168 Å². The fourth-order valence-corrected chi connectivity index (χ4v) is 4.36. The van der Waals surface area contributed by atoms with Gasteiger partial charge in [0.25, 0.3) is 0 Å². The van der Waals surface area contributed by atoms with Crippen molar-refractivity contribution in [3.8, 4) is 0 Å². The number of carbonyl (C=O) groups is 1. The predicted molar refractivity (Wildman–Crippen MR) is 117 cm³/mol. The summed E-state index contributed by atoms with van der Waals surface area (Å²) in [5.41, 5.74) is 0. The molecular formula is C22H44N2OS. The maximum absolute atomic E-state index is 12.2. The molecule has 3 nitrogen and oxygen atoms in total. The van der Waals surface area contributed by atoms with Crippen LogP contribution in [0.1, 0.15) is 103 Å². The van der Waals surface area contributed by atoms with Crippen LogP contribution in [0.25, 0.3) is 0 Å². The normalized spacial score (nSPS) is 21.6. The van der Waals surface area contributed by atoms with Crippen molar-refractivity contribution in [3.63, 3.8) is 0 Å². The standard InChI is InChI=1S/C22H44N2OS/c1-23-21(19-26)22(25)24-18-20-16-14-12-10-8-6-4-2-3-5-7-9-11-13-15-17-20/h20-21,23,26H,2-19H2,1H3,(H,24,25). The van der Waals surface area contributed by atoms with Crippen molar-refractivity contribution in [1.29, 1.82) is 0 Å². The Morgan fingerprint density at radius 2 is 1.19 bits per heavy atom. The van der Waals surface area contributed by atoms with Gasteiger partial charge in [-0.1, -0.05) is 89.9 Å². The summed E-state index contributed by atoms with van der Waals surface area (Å²) < 4.78 is 0. The molecule has 1 amide bonds. The van der Waals surface area contributed by atoms with E-state index in [4.69, 9.17) is 0 Å². The van der Waals surface area contributed by atoms with Crippen LogP contribution in [-0.2, 0) is 4.79 Å². The third-order valence-corrected chi connectivity index (χ3v) is 6.25. The monoisotopic (exact) mass is 384 g/mol. The molecule has 0 aromatic heterocycles. The molecule has 0 radical (unpaired) electrons. The van der Waals surface area contributed by atoms with Crippen molar-refractivity contribution in [2.45, 2.75) is 109 Å². The summed E-state index contributed by atoms with van der Waals surface area (Å²) in [7, 11) is 1.83. The first-order valence-corrected chi connectivity index (χ1v) is 12.0. The summed E-state index contributed by atoms with van der Waals surface area (Å²) in [4.78, 5) is 12.2. The largest absolute Gasteiger partial charge is 0.354 e. The highest BCUT2D eigenvalue weighted by molar-refractivity contribution is 7.80. The molecule has 1 aliphatic carbocycles. The molecule has 1 rings (SSSR count). The number of carbonyl (C=O) groups excluding carboxylic acids is 1. The second kappa shape index (κ2) is 16.9. The van der Waals surface area contributed by atoms with E-state index in [1.165, 1.54) is 103 Å². The minimum Gasteiger partial charge on any atom is -0.354 e. The van der Waals surface area contributed by atoms with Gasteiger partial charge in [-0.25, -0.2) is 0 Å². The maximum Gasteiger partial charge on any atom is 0.237 e. The lowest BCUT2D eigenvalue weighted by molar-refractivity contribution is -0.122.